The third-order valence-corrected chi connectivity index (χ3v) is 4.96. The molecule has 172 valence electrons. The number of aliphatic hydroxyl groups is 1. The van der Waals surface area contributed by atoms with Crippen molar-refractivity contribution in [2.24, 2.45) is 10.9 Å². The van der Waals surface area contributed by atoms with Gasteiger partial charge in [-0.05, 0) is 43.5 Å². The van der Waals surface area contributed by atoms with E-state index in [0.29, 0.717) is 44.2 Å². The first-order valence-corrected chi connectivity index (χ1v) is 9.97. The van der Waals surface area contributed by atoms with Crippen molar-refractivity contribution in [3.8, 4) is 0 Å². The lowest BCUT2D eigenvalue weighted by molar-refractivity contribution is -0.146. The van der Waals surface area contributed by atoms with Gasteiger partial charge in [0, 0.05) is 26.2 Å². The monoisotopic (exact) mass is 546 g/mol. The Morgan fingerprint density at radius 1 is 1.30 bits per heavy atom. The summed E-state index contributed by atoms with van der Waals surface area (Å²) in [5.41, 5.74) is 0.580. The summed E-state index contributed by atoms with van der Waals surface area (Å²) in [5.74, 6) is 0.394. The number of likely N-dealkylation sites (tertiary alicyclic amines) is 1. The van der Waals surface area contributed by atoms with Gasteiger partial charge in [0.1, 0.15) is 5.82 Å². The number of nitrogens with one attached hydrogen (secondary N) is 1. The van der Waals surface area contributed by atoms with E-state index in [2.05, 4.69) is 10.3 Å². The van der Waals surface area contributed by atoms with Crippen molar-refractivity contribution in [1.82, 2.24) is 15.1 Å². The molecule has 0 aliphatic carbocycles. The molecule has 1 fully saturated rings. The van der Waals surface area contributed by atoms with Crippen LogP contribution in [0.4, 0.5) is 17.6 Å². The summed E-state index contributed by atoms with van der Waals surface area (Å²) >= 11 is 0. The van der Waals surface area contributed by atoms with Gasteiger partial charge in [-0.15, -0.1) is 24.0 Å². The Hall–Kier alpha value is -1.14. The quantitative estimate of drug-likeness (QED) is 0.226. The number of hydrogen-bond acceptors (Lipinski definition) is 3. The second-order valence-corrected chi connectivity index (χ2v) is 7.31. The molecule has 0 bridgehead atoms. The van der Waals surface area contributed by atoms with Crippen LogP contribution in [0.2, 0.25) is 0 Å². The average Bonchev–Trinajstić information content (AvgIpc) is 3.12. The van der Waals surface area contributed by atoms with E-state index in [1.54, 1.807) is 6.92 Å². The Morgan fingerprint density at radius 2 is 1.97 bits per heavy atom. The molecular weight excluding hydrogens is 515 g/mol. The third-order valence-electron chi connectivity index (χ3n) is 4.96. The minimum atomic E-state index is -4.19. The molecule has 0 aromatic heterocycles. The van der Waals surface area contributed by atoms with Crippen LogP contribution in [0.15, 0.2) is 29.3 Å². The smallest absolute Gasteiger partial charge is 0.386 e. The topological polar surface area (TPSA) is 51.1 Å². The number of rotatable bonds is 8. The normalized spacial score (nSPS) is 18.5. The lowest BCUT2D eigenvalue weighted by Crippen LogP contribution is -2.42. The molecule has 0 amide bonds. The lowest BCUT2D eigenvalue weighted by Gasteiger charge is -2.26. The molecular formula is C20H31F4IN4O. The number of aliphatic imine (C=N–C) groups is 1. The van der Waals surface area contributed by atoms with Crippen LogP contribution in [0.1, 0.15) is 31.9 Å². The van der Waals surface area contributed by atoms with Gasteiger partial charge in [-0.3, -0.25) is 9.89 Å². The molecule has 1 heterocycles. The Balaban J connectivity index is 0.00000450. The summed E-state index contributed by atoms with van der Waals surface area (Å²) < 4.78 is 51.1. The maximum atomic E-state index is 13.0. The highest BCUT2D eigenvalue weighted by Crippen LogP contribution is 2.22. The van der Waals surface area contributed by atoms with Gasteiger partial charge in [-0.1, -0.05) is 19.1 Å². The summed E-state index contributed by atoms with van der Waals surface area (Å²) in [6, 6.07) is 5.63. The largest absolute Gasteiger partial charge is 0.401 e. The molecule has 1 aliphatic rings. The minimum Gasteiger partial charge on any atom is -0.386 e. The van der Waals surface area contributed by atoms with Gasteiger partial charge < -0.3 is 15.3 Å². The third kappa shape index (κ3) is 8.93. The van der Waals surface area contributed by atoms with E-state index < -0.39 is 18.8 Å². The van der Waals surface area contributed by atoms with Crippen LogP contribution in [0, 0.1) is 11.7 Å². The van der Waals surface area contributed by atoms with E-state index in [9.17, 15) is 22.7 Å². The number of guanidine groups is 1. The number of nitrogens with zero attached hydrogens (tertiary/aromatic N) is 3. The second kappa shape index (κ2) is 12.7. The zero-order chi connectivity index (χ0) is 21.4. The standard InChI is InChI=1S/C20H30F4N4O.HI/c1-3-25-19(26-11-18(29)16-5-7-17(21)8-6-16)28-10-9-15(13-28)12-27(4-2)14-20(22,23)24;/h5-8,15,18,29H,3-4,9-14H2,1-2H3,(H,25,26);1H. The Kier molecular flexibility index (Phi) is 11.3. The number of benzene rings is 1. The number of alkyl halides is 3. The van der Waals surface area contributed by atoms with Crippen LogP contribution in [0.3, 0.4) is 0 Å². The van der Waals surface area contributed by atoms with Crippen molar-refractivity contribution in [2.45, 2.75) is 32.5 Å². The summed E-state index contributed by atoms with van der Waals surface area (Å²) in [6.07, 6.45) is -4.26. The fourth-order valence-electron chi connectivity index (χ4n) is 3.49. The van der Waals surface area contributed by atoms with Gasteiger partial charge in [0.2, 0.25) is 0 Å². The molecule has 1 saturated heterocycles. The van der Waals surface area contributed by atoms with E-state index >= 15 is 0 Å². The van der Waals surface area contributed by atoms with Crippen LogP contribution in [-0.4, -0.2) is 72.9 Å². The highest BCUT2D eigenvalue weighted by atomic mass is 127. The van der Waals surface area contributed by atoms with Crippen molar-refractivity contribution in [1.29, 1.82) is 0 Å². The molecule has 30 heavy (non-hydrogen) atoms. The first-order valence-electron chi connectivity index (χ1n) is 9.97. The highest BCUT2D eigenvalue weighted by Gasteiger charge is 2.33. The van der Waals surface area contributed by atoms with Crippen LogP contribution >= 0.6 is 24.0 Å². The van der Waals surface area contributed by atoms with Gasteiger partial charge in [-0.2, -0.15) is 13.2 Å². The Labute approximate surface area is 192 Å². The van der Waals surface area contributed by atoms with Crippen LogP contribution in [0.5, 0.6) is 0 Å². The molecule has 0 spiro atoms. The zero-order valence-electron chi connectivity index (χ0n) is 17.3. The van der Waals surface area contributed by atoms with E-state index in [-0.39, 0.29) is 42.3 Å². The van der Waals surface area contributed by atoms with Gasteiger partial charge in [0.15, 0.2) is 5.96 Å². The van der Waals surface area contributed by atoms with Crippen molar-refractivity contribution in [2.75, 3.05) is 45.8 Å². The highest BCUT2D eigenvalue weighted by molar-refractivity contribution is 14.0. The average molecular weight is 546 g/mol. The molecule has 0 radical (unpaired) electrons. The van der Waals surface area contributed by atoms with E-state index in [0.717, 1.165) is 6.42 Å². The summed E-state index contributed by atoms with van der Waals surface area (Å²) in [6.45, 7) is 5.60. The lowest BCUT2D eigenvalue weighted by atomic mass is 10.1. The molecule has 2 atom stereocenters. The maximum absolute atomic E-state index is 13.0. The predicted octanol–water partition coefficient (Wildman–Crippen LogP) is 3.65. The van der Waals surface area contributed by atoms with Crippen molar-refractivity contribution in [3.63, 3.8) is 0 Å². The molecule has 5 nitrogen and oxygen atoms in total. The first-order chi connectivity index (χ1) is 13.7. The minimum absolute atomic E-state index is 0. The predicted molar refractivity (Wildman–Crippen MR) is 121 cm³/mol. The SMILES string of the molecule is CCNC(=NCC(O)c1ccc(F)cc1)N1CCC(CN(CC)CC(F)(F)F)C1.I. The second-order valence-electron chi connectivity index (χ2n) is 7.31. The van der Waals surface area contributed by atoms with E-state index in [1.165, 1.54) is 29.2 Å². The van der Waals surface area contributed by atoms with Gasteiger partial charge >= 0.3 is 6.18 Å². The fourth-order valence-corrected chi connectivity index (χ4v) is 3.49. The fraction of sp³-hybridized carbons (Fsp3) is 0.650. The molecule has 2 unspecified atom stereocenters. The number of aliphatic hydroxyl groups excluding tert-OH is 1. The number of halogens is 5. The maximum Gasteiger partial charge on any atom is 0.401 e. The van der Waals surface area contributed by atoms with Crippen LogP contribution in [-0.2, 0) is 0 Å². The summed E-state index contributed by atoms with van der Waals surface area (Å²) in [4.78, 5) is 7.93. The van der Waals surface area contributed by atoms with Gasteiger partial charge in [0.05, 0.1) is 19.2 Å². The zero-order valence-corrected chi connectivity index (χ0v) is 19.7. The Morgan fingerprint density at radius 3 is 2.53 bits per heavy atom. The van der Waals surface area contributed by atoms with Gasteiger partial charge in [0.25, 0.3) is 0 Å². The van der Waals surface area contributed by atoms with E-state index in [1.807, 2.05) is 11.8 Å². The van der Waals surface area contributed by atoms with Gasteiger partial charge in [-0.25, -0.2) is 4.39 Å². The molecule has 0 saturated carbocycles. The van der Waals surface area contributed by atoms with Crippen molar-refractivity contribution in [3.05, 3.63) is 35.6 Å². The van der Waals surface area contributed by atoms with Crippen LogP contribution < -0.4 is 5.32 Å². The first kappa shape index (κ1) is 26.9. The molecule has 10 heteroatoms. The van der Waals surface area contributed by atoms with Crippen molar-refractivity contribution < 1.29 is 22.7 Å². The number of hydrogen-bond donors (Lipinski definition) is 2. The Bertz CT molecular complexity index is 657. The molecule has 1 aliphatic heterocycles. The van der Waals surface area contributed by atoms with E-state index in [4.69, 9.17) is 0 Å². The summed E-state index contributed by atoms with van der Waals surface area (Å²) in [7, 11) is 0. The molecule has 1 aromatic rings. The van der Waals surface area contributed by atoms with Crippen LogP contribution in [0.25, 0.3) is 0 Å². The molecule has 2 rings (SSSR count). The molecule has 2 N–H and O–H groups in total. The van der Waals surface area contributed by atoms with Crippen molar-refractivity contribution >= 4 is 29.9 Å². The molecule has 1 aromatic carbocycles. The summed E-state index contributed by atoms with van der Waals surface area (Å²) in [5, 5.41) is 13.5.